The molecule has 1 aromatic carbocycles. The van der Waals surface area contributed by atoms with Gasteiger partial charge < -0.3 is 10.1 Å². The molecule has 1 saturated heterocycles. The van der Waals surface area contributed by atoms with Crippen LogP contribution in [0.25, 0.3) is 0 Å². The molecule has 21 heavy (non-hydrogen) atoms. The maximum absolute atomic E-state index is 11.8. The van der Waals surface area contributed by atoms with Crippen molar-refractivity contribution in [1.82, 2.24) is 5.32 Å². The molecule has 1 aliphatic heterocycles. The van der Waals surface area contributed by atoms with Crippen LogP contribution >= 0.6 is 11.8 Å². The summed E-state index contributed by atoms with van der Waals surface area (Å²) in [6, 6.07) is 8.26. The number of rotatable bonds is 7. The number of hydrogen-bond donors (Lipinski definition) is 1. The largest absolute Gasteiger partial charge is 0.381 e. The number of amides is 1. The van der Waals surface area contributed by atoms with Crippen molar-refractivity contribution in [3.63, 3.8) is 0 Å². The molecule has 0 atom stereocenters. The number of thioether (sulfide) groups is 1. The highest BCUT2D eigenvalue weighted by Gasteiger charge is 2.13. The molecule has 1 fully saturated rings. The van der Waals surface area contributed by atoms with Gasteiger partial charge in [0, 0.05) is 37.2 Å². The van der Waals surface area contributed by atoms with Crippen LogP contribution in [0.4, 0.5) is 0 Å². The molecule has 1 amide bonds. The standard InChI is InChI=1S/C17H25NO2S/c1-14-4-2-3-5-15(14)6-7-17(19)18-10-13-21-16-8-11-20-12-9-16/h2-5,16H,6-13H2,1H3,(H,18,19). The van der Waals surface area contributed by atoms with E-state index < -0.39 is 0 Å². The van der Waals surface area contributed by atoms with Gasteiger partial charge >= 0.3 is 0 Å². The van der Waals surface area contributed by atoms with Gasteiger partial charge in [0.15, 0.2) is 0 Å². The summed E-state index contributed by atoms with van der Waals surface area (Å²) in [6.45, 7) is 4.65. The Morgan fingerprint density at radius 1 is 1.33 bits per heavy atom. The molecule has 0 unspecified atom stereocenters. The highest BCUT2D eigenvalue weighted by molar-refractivity contribution is 7.99. The van der Waals surface area contributed by atoms with Gasteiger partial charge in [0.05, 0.1) is 0 Å². The molecule has 1 aliphatic rings. The minimum atomic E-state index is 0.158. The molecule has 0 aliphatic carbocycles. The summed E-state index contributed by atoms with van der Waals surface area (Å²) >= 11 is 1.96. The third-order valence-corrected chi connectivity index (χ3v) is 5.21. The predicted octanol–water partition coefficient (Wildman–Crippen LogP) is 2.96. The molecule has 0 saturated carbocycles. The molecule has 116 valence electrons. The van der Waals surface area contributed by atoms with Gasteiger partial charge in [-0.15, -0.1) is 0 Å². The summed E-state index contributed by atoms with van der Waals surface area (Å²) in [4.78, 5) is 11.8. The smallest absolute Gasteiger partial charge is 0.220 e. The second-order valence-corrected chi connectivity index (χ2v) is 6.87. The predicted molar refractivity (Wildman–Crippen MR) is 88.8 cm³/mol. The average molecular weight is 307 g/mol. The maximum Gasteiger partial charge on any atom is 0.220 e. The summed E-state index contributed by atoms with van der Waals surface area (Å²) in [5, 5.41) is 3.73. The zero-order valence-electron chi connectivity index (χ0n) is 12.8. The first-order chi connectivity index (χ1) is 10.3. The lowest BCUT2D eigenvalue weighted by atomic mass is 10.0. The van der Waals surface area contributed by atoms with Crippen LogP contribution in [0.5, 0.6) is 0 Å². The normalized spacial score (nSPS) is 15.9. The van der Waals surface area contributed by atoms with E-state index in [4.69, 9.17) is 4.74 Å². The van der Waals surface area contributed by atoms with Crippen LogP contribution in [0.15, 0.2) is 24.3 Å². The number of aryl methyl sites for hydroxylation is 2. The van der Waals surface area contributed by atoms with Crippen LogP contribution in [0.2, 0.25) is 0 Å². The lowest BCUT2D eigenvalue weighted by Gasteiger charge is -2.21. The monoisotopic (exact) mass is 307 g/mol. The molecule has 3 nitrogen and oxygen atoms in total. The number of hydrogen-bond acceptors (Lipinski definition) is 3. The van der Waals surface area contributed by atoms with Gasteiger partial charge in [-0.1, -0.05) is 24.3 Å². The van der Waals surface area contributed by atoms with E-state index in [0.717, 1.165) is 44.8 Å². The number of carbonyl (C=O) groups is 1. The summed E-state index contributed by atoms with van der Waals surface area (Å²) in [5.74, 6) is 1.16. The Bertz CT molecular complexity index is 444. The quantitative estimate of drug-likeness (QED) is 0.787. The molecule has 1 N–H and O–H groups in total. The highest BCUT2D eigenvalue weighted by Crippen LogP contribution is 2.21. The fourth-order valence-electron chi connectivity index (χ4n) is 2.49. The van der Waals surface area contributed by atoms with Crippen LogP contribution in [0.1, 0.15) is 30.4 Å². The van der Waals surface area contributed by atoms with Gasteiger partial charge in [-0.25, -0.2) is 0 Å². The molecule has 0 radical (unpaired) electrons. The Morgan fingerprint density at radius 2 is 2.10 bits per heavy atom. The number of benzene rings is 1. The van der Waals surface area contributed by atoms with Crippen molar-refractivity contribution in [1.29, 1.82) is 0 Å². The van der Waals surface area contributed by atoms with E-state index in [1.165, 1.54) is 11.1 Å². The second-order valence-electron chi connectivity index (χ2n) is 5.46. The van der Waals surface area contributed by atoms with Gasteiger partial charge in [0.25, 0.3) is 0 Å². The lowest BCUT2D eigenvalue weighted by Crippen LogP contribution is -2.27. The van der Waals surface area contributed by atoms with Gasteiger partial charge in [-0.3, -0.25) is 4.79 Å². The van der Waals surface area contributed by atoms with Crippen LogP contribution in [0, 0.1) is 6.92 Å². The van der Waals surface area contributed by atoms with Crippen molar-refractivity contribution in [3.8, 4) is 0 Å². The molecule has 1 heterocycles. The van der Waals surface area contributed by atoms with Crippen molar-refractivity contribution in [3.05, 3.63) is 35.4 Å². The summed E-state index contributed by atoms with van der Waals surface area (Å²) in [7, 11) is 0. The topological polar surface area (TPSA) is 38.3 Å². The zero-order chi connectivity index (χ0) is 14.9. The minimum Gasteiger partial charge on any atom is -0.381 e. The molecular formula is C17H25NO2S. The number of carbonyl (C=O) groups excluding carboxylic acids is 1. The van der Waals surface area contributed by atoms with Gasteiger partial charge in [0.2, 0.25) is 5.91 Å². The molecule has 0 spiro atoms. The van der Waals surface area contributed by atoms with Crippen molar-refractivity contribution >= 4 is 17.7 Å². The summed E-state index contributed by atoms with van der Waals surface area (Å²) in [6.07, 6.45) is 3.69. The summed E-state index contributed by atoms with van der Waals surface area (Å²) in [5.41, 5.74) is 2.53. The third kappa shape index (κ3) is 6.10. The Balaban J connectivity index is 1.56. The average Bonchev–Trinajstić information content (AvgIpc) is 2.52. The first kappa shape index (κ1) is 16.4. The van der Waals surface area contributed by atoms with E-state index in [-0.39, 0.29) is 5.91 Å². The number of nitrogens with one attached hydrogen (secondary N) is 1. The fourth-order valence-corrected chi connectivity index (χ4v) is 3.56. The van der Waals surface area contributed by atoms with Crippen molar-refractivity contribution in [2.75, 3.05) is 25.5 Å². The van der Waals surface area contributed by atoms with Gasteiger partial charge in [-0.05, 0) is 37.3 Å². The van der Waals surface area contributed by atoms with E-state index >= 15 is 0 Å². The fraction of sp³-hybridized carbons (Fsp3) is 0.588. The van der Waals surface area contributed by atoms with Crippen molar-refractivity contribution in [2.45, 2.75) is 37.9 Å². The Labute approximate surface area is 131 Å². The number of ether oxygens (including phenoxy) is 1. The van der Waals surface area contributed by atoms with Crippen LogP contribution in [-0.4, -0.2) is 36.7 Å². The summed E-state index contributed by atoms with van der Waals surface area (Å²) < 4.78 is 5.34. The third-order valence-electron chi connectivity index (χ3n) is 3.83. The van der Waals surface area contributed by atoms with E-state index in [1.807, 2.05) is 23.9 Å². The molecule has 0 aromatic heterocycles. The Hall–Kier alpha value is -1.00. The van der Waals surface area contributed by atoms with E-state index in [0.29, 0.717) is 11.7 Å². The lowest BCUT2D eigenvalue weighted by molar-refractivity contribution is -0.120. The van der Waals surface area contributed by atoms with E-state index in [9.17, 15) is 4.79 Å². The Morgan fingerprint density at radius 3 is 2.86 bits per heavy atom. The first-order valence-electron chi connectivity index (χ1n) is 7.76. The highest BCUT2D eigenvalue weighted by atomic mass is 32.2. The van der Waals surface area contributed by atoms with E-state index in [1.54, 1.807) is 0 Å². The maximum atomic E-state index is 11.8. The van der Waals surface area contributed by atoms with Crippen molar-refractivity contribution < 1.29 is 9.53 Å². The first-order valence-corrected chi connectivity index (χ1v) is 8.81. The Kier molecular flexibility index (Phi) is 7.10. The SMILES string of the molecule is Cc1ccccc1CCC(=O)NCCSC1CCOCC1. The molecule has 0 bridgehead atoms. The van der Waals surface area contributed by atoms with Crippen LogP contribution in [0.3, 0.4) is 0 Å². The minimum absolute atomic E-state index is 0.158. The molecular weight excluding hydrogens is 282 g/mol. The van der Waals surface area contributed by atoms with Crippen molar-refractivity contribution in [2.24, 2.45) is 0 Å². The van der Waals surface area contributed by atoms with Crippen LogP contribution < -0.4 is 5.32 Å². The van der Waals surface area contributed by atoms with Crippen LogP contribution in [-0.2, 0) is 16.0 Å². The zero-order valence-corrected chi connectivity index (χ0v) is 13.6. The molecule has 1 aromatic rings. The molecule has 4 heteroatoms. The second kappa shape index (κ2) is 9.11. The molecule has 2 rings (SSSR count). The van der Waals surface area contributed by atoms with E-state index in [2.05, 4.69) is 24.4 Å². The van der Waals surface area contributed by atoms with Gasteiger partial charge in [0.1, 0.15) is 0 Å². The van der Waals surface area contributed by atoms with Gasteiger partial charge in [-0.2, -0.15) is 11.8 Å².